The average molecular weight is 377 g/mol. The highest BCUT2D eigenvalue weighted by atomic mass is 35.5. The van der Waals surface area contributed by atoms with Gasteiger partial charge < -0.3 is 21.7 Å². The lowest BCUT2D eigenvalue weighted by atomic mass is 9.80. The molecule has 0 bridgehead atoms. The van der Waals surface area contributed by atoms with Gasteiger partial charge in [0.15, 0.2) is 0 Å². The highest BCUT2D eigenvalue weighted by Gasteiger charge is 2.40. The summed E-state index contributed by atoms with van der Waals surface area (Å²) in [5.41, 5.74) is 4.90. The van der Waals surface area contributed by atoms with E-state index in [0.717, 1.165) is 25.7 Å². The molecule has 7 nitrogen and oxygen atoms in total. The van der Waals surface area contributed by atoms with Crippen LogP contribution < -0.4 is 21.7 Å². The van der Waals surface area contributed by atoms with Crippen LogP contribution in [0.25, 0.3) is 0 Å². The van der Waals surface area contributed by atoms with Crippen LogP contribution >= 0.6 is 12.4 Å². The van der Waals surface area contributed by atoms with Crippen LogP contribution in [0.4, 0.5) is 0 Å². The van der Waals surface area contributed by atoms with Crippen LogP contribution in [0.3, 0.4) is 0 Å². The standard InChI is InChI=1S/C17H32N4O3.ClH/c1-4-10-19-16(24)17(8-6-5-7-9-17)21-13(22)11-20-15(23)14(18)12(2)3;/h12,14H,4-11,18H2,1-3H3,(H,19,24)(H,20,23)(H,21,22);1H/t14-;/m0./s1. The van der Waals surface area contributed by atoms with Crippen molar-refractivity contribution in [1.29, 1.82) is 0 Å². The van der Waals surface area contributed by atoms with Gasteiger partial charge in [-0.3, -0.25) is 14.4 Å². The van der Waals surface area contributed by atoms with E-state index in [9.17, 15) is 14.4 Å². The van der Waals surface area contributed by atoms with Gasteiger partial charge in [0.1, 0.15) is 5.54 Å². The number of carbonyl (C=O) groups is 3. The molecule has 0 unspecified atom stereocenters. The second-order valence-electron chi connectivity index (χ2n) is 6.93. The minimum atomic E-state index is -0.852. The summed E-state index contributed by atoms with van der Waals surface area (Å²) >= 11 is 0. The van der Waals surface area contributed by atoms with E-state index in [4.69, 9.17) is 5.73 Å². The predicted octanol–water partition coefficient (Wildman–Crippen LogP) is 0.853. The van der Waals surface area contributed by atoms with Crippen LogP contribution in [-0.4, -0.2) is 42.4 Å². The first kappa shape index (κ1) is 23.7. The van der Waals surface area contributed by atoms with Gasteiger partial charge in [0.25, 0.3) is 0 Å². The van der Waals surface area contributed by atoms with E-state index in [-0.39, 0.29) is 42.6 Å². The topological polar surface area (TPSA) is 113 Å². The van der Waals surface area contributed by atoms with Crippen LogP contribution in [-0.2, 0) is 14.4 Å². The lowest BCUT2D eigenvalue weighted by Crippen LogP contribution is -2.61. The summed E-state index contributed by atoms with van der Waals surface area (Å²) in [5.74, 6) is -0.832. The Hall–Kier alpha value is -1.34. The van der Waals surface area contributed by atoms with Crippen molar-refractivity contribution in [1.82, 2.24) is 16.0 Å². The van der Waals surface area contributed by atoms with Crippen LogP contribution in [0.5, 0.6) is 0 Å². The quantitative estimate of drug-likeness (QED) is 0.503. The third-order valence-corrected chi connectivity index (χ3v) is 4.50. The molecular formula is C17H33ClN4O3. The number of nitrogens with one attached hydrogen (secondary N) is 3. The smallest absolute Gasteiger partial charge is 0.245 e. The number of hydrogen-bond donors (Lipinski definition) is 4. The lowest BCUT2D eigenvalue weighted by molar-refractivity contribution is -0.135. The minimum absolute atomic E-state index is 0. The Kier molecular flexibility index (Phi) is 10.7. The molecule has 1 saturated carbocycles. The molecule has 0 aromatic heterocycles. The monoisotopic (exact) mass is 376 g/mol. The number of nitrogens with two attached hydrogens (primary N) is 1. The Morgan fingerprint density at radius 2 is 1.68 bits per heavy atom. The molecule has 0 spiro atoms. The molecule has 1 aliphatic rings. The molecule has 0 radical (unpaired) electrons. The highest BCUT2D eigenvalue weighted by molar-refractivity contribution is 5.93. The van der Waals surface area contributed by atoms with Gasteiger partial charge in [-0.15, -0.1) is 12.4 Å². The maximum Gasteiger partial charge on any atom is 0.245 e. The Morgan fingerprint density at radius 1 is 1.08 bits per heavy atom. The number of amides is 3. The molecule has 146 valence electrons. The zero-order valence-corrected chi connectivity index (χ0v) is 16.3. The van der Waals surface area contributed by atoms with Crippen LogP contribution in [0.1, 0.15) is 59.3 Å². The van der Waals surface area contributed by atoms with E-state index in [2.05, 4.69) is 16.0 Å². The fourth-order valence-corrected chi connectivity index (χ4v) is 2.87. The number of hydrogen-bond acceptors (Lipinski definition) is 4. The molecule has 5 N–H and O–H groups in total. The average Bonchev–Trinajstić information content (AvgIpc) is 2.57. The Labute approximate surface area is 156 Å². The van der Waals surface area contributed by atoms with Crippen molar-refractivity contribution in [3.63, 3.8) is 0 Å². The fraction of sp³-hybridized carbons (Fsp3) is 0.824. The predicted molar refractivity (Wildman–Crippen MR) is 100 cm³/mol. The molecule has 0 aliphatic heterocycles. The molecule has 0 aromatic carbocycles. The van der Waals surface area contributed by atoms with E-state index < -0.39 is 11.6 Å². The molecule has 1 rings (SSSR count). The van der Waals surface area contributed by atoms with Crippen molar-refractivity contribution in [2.45, 2.75) is 70.9 Å². The third kappa shape index (κ3) is 7.20. The summed E-state index contributed by atoms with van der Waals surface area (Å²) in [5, 5.41) is 8.29. The van der Waals surface area contributed by atoms with Gasteiger partial charge in [-0.1, -0.05) is 40.0 Å². The molecular weight excluding hydrogens is 344 g/mol. The summed E-state index contributed by atoms with van der Waals surface area (Å²) in [6.07, 6.45) is 4.99. The molecule has 25 heavy (non-hydrogen) atoms. The molecule has 3 amide bonds. The summed E-state index contributed by atoms with van der Waals surface area (Å²) in [7, 11) is 0. The molecule has 1 aliphatic carbocycles. The maximum absolute atomic E-state index is 12.5. The van der Waals surface area contributed by atoms with Crippen molar-refractivity contribution < 1.29 is 14.4 Å². The SMILES string of the molecule is CCCNC(=O)C1(NC(=O)CNC(=O)[C@@H](N)C(C)C)CCCCC1.Cl. The molecule has 0 heterocycles. The van der Waals surface area contributed by atoms with E-state index in [0.29, 0.717) is 19.4 Å². The van der Waals surface area contributed by atoms with E-state index in [1.54, 1.807) is 0 Å². The number of halogens is 1. The van der Waals surface area contributed by atoms with Crippen molar-refractivity contribution in [2.75, 3.05) is 13.1 Å². The molecule has 1 fully saturated rings. The van der Waals surface area contributed by atoms with Crippen LogP contribution in [0.15, 0.2) is 0 Å². The first-order valence-corrected chi connectivity index (χ1v) is 8.95. The zero-order chi connectivity index (χ0) is 18.2. The van der Waals surface area contributed by atoms with Gasteiger partial charge >= 0.3 is 0 Å². The minimum Gasteiger partial charge on any atom is -0.354 e. The van der Waals surface area contributed by atoms with Crippen molar-refractivity contribution >= 4 is 30.1 Å². The number of carbonyl (C=O) groups excluding carboxylic acids is 3. The number of rotatable bonds is 8. The van der Waals surface area contributed by atoms with Crippen molar-refractivity contribution in [3.8, 4) is 0 Å². The Morgan fingerprint density at radius 3 is 2.20 bits per heavy atom. The Bertz CT molecular complexity index is 451. The van der Waals surface area contributed by atoms with Gasteiger partial charge in [-0.2, -0.15) is 0 Å². The third-order valence-electron chi connectivity index (χ3n) is 4.50. The van der Waals surface area contributed by atoms with Gasteiger partial charge in [-0.05, 0) is 25.2 Å². The fourth-order valence-electron chi connectivity index (χ4n) is 2.87. The summed E-state index contributed by atoms with van der Waals surface area (Å²) in [4.78, 5) is 36.6. The van der Waals surface area contributed by atoms with Crippen LogP contribution in [0.2, 0.25) is 0 Å². The first-order chi connectivity index (χ1) is 11.3. The second kappa shape index (κ2) is 11.3. The first-order valence-electron chi connectivity index (χ1n) is 8.95. The van der Waals surface area contributed by atoms with E-state index in [1.807, 2.05) is 20.8 Å². The van der Waals surface area contributed by atoms with Gasteiger partial charge in [0.2, 0.25) is 17.7 Å². The lowest BCUT2D eigenvalue weighted by Gasteiger charge is -2.36. The molecule has 0 saturated heterocycles. The second-order valence-corrected chi connectivity index (χ2v) is 6.93. The normalized spacial score (nSPS) is 17.2. The Balaban J connectivity index is 0.00000576. The largest absolute Gasteiger partial charge is 0.354 e. The maximum atomic E-state index is 12.5. The van der Waals surface area contributed by atoms with Crippen LogP contribution in [0, 0.1) is 5.92 Å². The van der Waals surface area contributed by atoms with Crippen molar-refractivity contribution in [2.24, 2.45) is 11.7 Å². The van der Waals surface area contributed by atoms with Gasteiger partial charge in [0.05, 0.1) is 12.6 Å². The summed E-state index contributed by atoms with van der Waals surface area (Å²) in [6, 6.07) is -0.644. The van der Waals surface area contributed by atoms with E-state index >= 15 is 0 Å². The summed E-state index contributed by atoms with van der Waals surface area (Å²) in [6.45, 7) is 6.11. The summed E-state index contributed by atoms with van der Waals surface area (Å²) < 4.78 is 0. The van der Waals surface area contributed by atoms with Gasteiger partial charge in [-0.25, -0.2) is 0 Å². The van der Waals surface area contributed by atoms with Crippen molar-refractivity contribution in [3.05, 3.63) is 0 Å². The van der Waals surface area contributed by atoms with Gasteiger partial charge in [0, 0.05) is 6.54 Å². The zero-order valence-electron chi connectivity index (χ0n) is 15.5. The molecule has 1 atom stereocenters. The van der Waals surface area contributed by atoms with E-state index in [1.165, 1.54) is 0 Å². The highest BCUT2D eigenvalue weighted by Crippen LogP contribution is 2.28. The molecule has 0 aromatic rings. The molecule has 8 heteroatoms.